The molecule has 20 heavy (non-hydrogen) atoms. The van der Waals surface area contributed by atoms with Crippen LogP contribution in [-0.2, 0) is 6.42 Å². The molecule has 0 spiro atoms. The Hall–Kier alpha value is -0.370. The lowest BCUT2D eigenvalue weighted by Gasteiger charge is -2.23. The summed E-state index contributed by atoms with van der Waals surface area (Å²) < 4.78 is 0. The van der Waals surface area contributed by atoms with Crippen molar-refractivity contribution in [3.63, 3.8) is 0 Å². The van der Waals surface area contributed by atoms with E-state index in [9.17, 15) is 0 Å². The molecule has 3 N–H and O–H groups in total. The monoisotopic (exact) mass is 408 g/mol. The molecule has 1 aliphatic rings. The second-order valence-corrected chi connectivity index (χ2v) is 6.53. The molecule has 0 unspecified atom stereocenters. The standard InChI is InChI=1S/C14H24N4S.HI/c1-10-11(2)19-13(17-10)8-9-16-14(15)18-12-6-4-3-5-7-12;/h12H,3-9H2,1-2H3,(H3,15,16,18);1H. The summed E-state index contributed by atoms with van der Waals surface area (Å²) in [4.78, 5) is 10.2. The molecule has 0 radical (unpaired) electrons. The Bertz CT molecular complexity index is 419. The van der Waals surface area contributed by atoms with Crippen molar-refractivity contribution in [1.82, 2.24) is 10.3 Å². The zero-order valence-electron chi connectivity index (χ0n) is 12.3. The van der Waals surface area contributed by atoms with Crippen molar-refractivity contribution in [2.24, 2.45) is 10.7 Å². The van der Waals surface area contributed by atoms with E-state index in [0.717, 1.165) is 23.7 Å². The molecule has 0 amide bonds. The van der Waals surface area contributed by atoms with E-state index in [1.54, 1.807) is 11.3 Å². The zero-order chi connectivity index (χ0) is 13.7. The van der Waals surface area contributed by atoms with E-state index in [1.807, 2.05) is 0 Å². The summed E-state index contributed by atoms with van der Waals surface area (Å²) in [5.41, 5.74) is 7.06. The van der Waals surface area contributed by atoms with Crippen LogP contribution in [0.1, 0.15) is 47.7 Å². The van der Waals surface area contributed by atoms with E-state index in [-0.39, 0.29) is 24.0 Å². The zero-order valence-corrected chi connectivity index (χ0v) is 15.5. The van der Waals surface area contributed by atoms with Gasteiger partial charge in [0.1, 0.15) is 0 Å². The summed E-state index contributed by atoms with van der Waals surface area (Å²) in [6.45, 7) is 4.88. The molecule has 0 bridgehead atoms. The van der Waals surface area contributed by atoms with Crippen LogP contribution in [0.2, 0.25) is 0 Å². The van der Waals surface area contributed by atoms with Crippen molar-refractivity contribution >= 4 is 41.3 Å². The minimum absolute atomic E-state index is 0. The average molecular weight is 408 g/mol. The summed E-state index contributed by atoms with van der Waals surface area (Å²) in [6.07, 6.45) is 7.30. The number of nitrogens with one attached hydrogen (secondary N) is 1. The highest BCUT2D eigenvalue weighted by molar-refractivity contribution is 14.0. The van der Waals surface area contributed by atoms with Crippen molar-refractivity contribution in [2.75, 3.05) is 6.54 Å². The van der Waals surface area contributed by atoms with Crippen LogP contribution in [0, 0.1) is 13.8 Å². The number of aromatic nitrogens is 1. The van der Waals surface area contributed by atoms with E-state index < -0.39 is 0 Å². The molecular weight excluding hydrogens is 383 g/mol. The van der Waals surface area contributed by atoms with Crippen molar-refractivity contribution < 1.29 is 0 Å². The summed E-state index contributed by atoms with van der Waals surface area (Å²) >= 11 is 1.76. The predicted molar refractivity (Wildman–Crippen MR) is 97.2 cm³/mol. The molecule has 1 saturated carbocycles. The van der Waals surface area contributed by atoms with E-state index in [4.69, 9.17) is 5.73 Å². The number of guanidine groups is 1. The normalized spacial score (nSPS) is 16.8. The van der Waals surface area contributed by atoms with Crippen molar-refractivity contribution in [2.45, 2.75) is 58.4 Å². The van der Waals surface area contributed by atoms with Crippen LogP contribution in [0.3, 0.4) is 0 Å². The number of halogens is 1. The second-order valence-electron chi connectivity index (χ2n) is 5.25. The first kappa shape index (κ1) is 17.7. The van der Waals surface area contributed by atoms with Gasteiger partial charge in [0.25, 0.3) is 0 Å². The fraction of sp³-hybridized carbons (Fsp3) is 0.714. The molecular formula is C14H25IN4S. The summed E-state index contributed by atoms with van der Waals surface area (Å²) in [6, 6.07) is 0.529. The van der Waals surface area contributed by atoms with Gasteiger partial charge in [-0.05, 0) is 26.7 Å². The highest BCUT2D eigenvalue weighted by Gasteiger charge is 2.13. The Morgan fingerprint density at radius 3 is 2.65 bits per heavy atom. The number of aryl methyl sites for hydroxylation is 2. The van der Waals surface area contributed by atoms with Gasteiger partial charge >= 0.3 is 0 Å². The fourth-order valence-corrected chi connectivity index (χ4v) is 3.34. The van der Waals surface area contributed by atoms with Gasteiger partial charge in [-0.15, -0.1) is 35.3 Å². The SMILES string of the molecule is Cc1nc(CCN=C(N)NC2CCCCC2)sc1C.I. The lowest BCUT2D eigenvalue weighted by Crippen LogP contribution is -2.41. The molecule has 1 aromatic heterocycles. The predicted octanol–water partition coefficient (Wildman–Crippen LogP) is 3.16. The molecule has 1 heterocycles. The smallest absolute Gasteiger partial charge is 0.188 e. The van der Waals surface area contributed by atoms with Crippen LogP contribution >= 0.6 is 35.3 Å². The van der Waals surface area contributed by atoms with E-state index in [0.29, 0.717) is 12.0 Å². The highest BCUT2D eigenvalue weighted by Crippen LogP contribution is 2.17. The summed E-state index contributed by atoms with van der Waals surface area (Å²) in [5, 5.41) is 4.49. The number of nitrogens with zero attached hydrogens (tertiary/aromatic N) is 2. The number of hydrogen-bond acceptors (Lipinski definition) is 3. The first-order valence-corrected chi connectivity index (χ1v) is 7.96. The molecule has 0 atom stereocenters. The van der Waals surface area contributed by atoms with Gasteiger partial charge in [-0.1, -0.05) is 19.3 Å². The van der Waals surface area contributed by atoms with Gasteiger partial charge < -0.3 is 11.1 Å². The van der Waals surface area contributed by atoms with Crippen molar-refractivity contribution in [1.29, 1.82) is 0 Å². The maximum atomic E-state index is 5.93. The Kier molecular flexibility index (Phi) is 7.79. The van der Waals surface area contributed by atoms with Gasteiger partial charge in [-0.25, -0.2) is 4.98 Å². The second kappa shape index (κ2) is 8.81. The molecule has 114 valence electrons. The molecule has 0 aromatic carbocycles. The molecule has 2 rings (SSSR count). The Morgan fingerprint density at radius 1 is 1.35 bits per heavy atom. The Balaban J connectivity index is 0.00000200. The van der Waals surface area contributed by atoms with Crippen LogP contribution in [0.15, 0.2) is 4.99 Å². The van der Waals surface area contributed by atoms with Crippen molar-refractivity contribution in [3.05, 3.63) is 15.6 Å². The Labute approximate surface area is 142 Å². The van der Waals surface area contributed by atoms with Crippen molar-refractivity contribution in [3.8, 4) is 0 Å². The fourth-order valence-electron chi connectivity index (χ4n) is 2.42. The maximum absolute atomic E-state index is 5.93. The molecule has 1 fully saturated rings. The van der Waals surface area contributed by atoms with Crippen LogP contribution in [-0.4, -0.2) is 23.5 Å². The number of thiazole rings is 1. The molecule has 1 aromatic rings. The first-order chi connectivity index (χ1) is 9.15. The molecule has 4 nitrogen and oxygen atoms in total. The van der Waals surface area contributed by atoms with E-state index in [2.05, 4.69) is 29.1 Å². The van der Waals surface area contributed by atoms with E-state index >= 15 is 0 Å². The highest BCUT2D eigenvalue weighted by atomic mass is 127. The third kappa shape index (κ3) is 5.55. The minimum atomic E-state index is 0. The number of aliphatic imine (C=N–C) groups is 1. The largest absolute Gasteiger partial charge is 0.370 e. The third-order valence-corrected chi connectivity index (χ3v) is 4.77. The summed E-state index contributed by atoms with van der Waals surface area (Å²) in [5.74, 6) is 0.594. The van der Waals surface area contributed by atoms with Crippen LogP contribution in [0.4, 0.5) is 0 Å². The van der Waals surface area contributed by atoms with Crippen LogP contribution in [0.25, 0.3) is 0 Å². The first-order valence-electron chi connectivity index (χ1n) is 7.14. The maximum Gasteiger partial charge on any atom is 0.188 e. The Morgan fingerprint density at radius 2 is 2.05 bits per heavy atom. The molecule has 1 aliphatic carbocycles. The molecule has 6 heteroatoms. The third-order valence-electron chi connectivity index (χ3n) is 3.64. The van der Waals surface area contributed by atoms with Gasteiger partial charge in [-0.3, -0.25) is 4.99 Å². The topological polar surface area (TPSA) is 63.3 Å². The number of nitrogens with two attached hydrogens (primary N) is 1. The average Bonchev–Trinajstić information content (AvgIpc) is 2.70. The van der Waals surface area contributed by atoms with Gasteiger partial charge in [0.2, 0.25) is 0 Å². The summed E-state index contributed by atoms with van der Waals surface area (Å²) in [7, 11) is 0. The van der Waals surface area contributed by atoms with Gasteiger partial charge in [-0.2, -0.15) is 0 Å². The molecule has 0 saturated heterocycles. The lowest BCUT2D eigenvalue weighted by molar-refractivity contribution is 0.412. The lowest BCUT2D eigenvalue weighted by atomic mass is 9.96. The number of hydrogen-bond donors (Lipinski definition) is 2. The quantitative estimate of drug-likeness (QED) is 0.457. The van der Waals surface area contributed by atoms with Crippen LogP contribution < -0.4 is 11.1 Å². The minimum Gasteiger partial charge on any atom is -0.370 e. The van der Waals surface area contributed by atoms with Gasteiger partial charge in [0, 0.05) is 23.9 Å². The van der Waals surface area contributed by atoms with E-state index in [1.165, 1.54) is 37.0 Å². The van der Waals surface area contributed by atoms with Crippen LogP contribution in [0.5, 0.6) is 0 Å². The molecule has 0 aliphatic heterocycles. The number of rotatable bonds is 4. The van der Waals surface area contributed by atoms with Gasteiger partial charge in [0.05, 0.1) is 10.7 Å². The van der Waals surface area contributed by atoms with Gasteiger partial charge in [0.15, 0.2) is 5.96 Å².